The van der Waals surface area contributed by atoms with E-state index in [9.17, 15) is 22.8 Å². The summed E-state index contributed by atoms with van der Waals surface area (Å²) in [4.78, 5) is 26.1. The second-order valence-corrected chi connectivity index (χ2v) is 6.06. The van der Waals surface area contributed by atoms with Crippen LogP contribution in [-0.2, 0) is 15.7 Å². The number of nitrogens with zero attached hydrogens (tertiary/aromatic N) is 1. The fourth-order valence-electron chi connectivity index (χ4n) is 3.14. The van der Waals surface area contributed by atoms with Gasteiger partial charge in [-0.3, -0.25) is 4.90 Å². The number of carbonyl (C=O) groups is 2. The minimum Gasteiger partial charge on any atom is -0.466 e. The second-order valence-electron chi connectivity index (χ2n) is 6.06. The van der Waals surface area contributed by atoms with Crippen molar-refractivity contribution in [3.8, 4) is 0 Å². The highest BCUT2D eigenvalue weighted by Gasteiger charge is 2.44. The predicted octanol–water partition coefficient (Wildman–Crippen LogP) is 3.38. The molecular weight excluding hydrogens is 337 g/mol. The number of benzene rings is 1. The van der Waals surface area contributed by atoms with Crippen molar-refractivity contribution in [1.82, 2.24) is 10.2 Å². The Kier molecular flexibility index (Phi) is 4.22. The molecule has 0 unspecified atom stereocenters. The van der Waals surface area contributed by atoms with Crippen LogP contribution >= 0.6 is 0 Å². The summed E-state index contributed by atoms with van der Waals surface area (Å²) in [5, 5.41) is 2.54. The summed E-state index contributed by atoms with van der Waals surface area (Å²) in [6.07, 6.45) is -3.02. The quantitative estimate of drug-likeness (QED) is 0.847. The lowest BCUT2D eigenvalue weighted by molar-refractivity contribution is -0.140. The summed E-state index contributed by atoms with van der Waals surface area (Å²) in [6, 6.07) is 3.15. The molecule has 0 radical (unpaired) electrons. The summed E-state index contributed by atoms with van der Waals surface area (Å²) < 4.78 is 44.9. The average Bonchev–Trinajstić information content (AvgIpc) is 3.37. The third-order valence-corrected chi connectivity index (χ3v) is 4.42. The van der Waals surface area contributed by atoms with E-state index in [-0.39, 0.29) is 17.2 Å². The number of nitrogens with one attached hydrogen (secondary N) is 1. The number of alkyl halides is 3. The van der Waals surface area contributed by atoms with E-state index in [1.165, 1.54) is 23.1 Å². The number of esters is 1. The normalized spacial score (nSPS) is 21.2. The summed E-state index contributed by atoms with van der Waals surface area (Å²) >= 11 is 0. The molecule has 1 saturated carbocycles. The van der Waals surface area contributed by atoms with Crippen molar-refractivity contribution in [1.29, 1.82) is 0 Å². The van der Waals surface area contributed by atoms with Crippen LogP contribution in [0.15, 0.2) is 35.5 Å². The second kappa shape index (κ2) is 6.09. The molecule has 1 aromatic rings. The van der Waals surface area contributed by atoms with Crippen LogP contribution in [0.4, 0.5) is 18.0 Å². The van der Waals surface area contributed by atoms with E-state index in [2.05, 4.69) is 5.32 Å². The first kappa shape index (κ1) is 17.3. The van der Waals surface area contributed by atoms with Crippen LogP contribution in [0.2, 0.25) is 0 Å². The van der Waals surface area contributed by atoms with Crippen LogP contribution in [0.25, 0.3) is 0 Å². The van der Waals surface area contributed by atoms with E-state index >= 15 is 0 Å². The number of hydrogen-bond donors (Lipinski definition) is 1. The Balaban J connectivity index is 2.15. The first-order chi connectivity index (χ1) is 11.8. The number of amides is 2. The fraction of sp³-hybridized carbons (Fsp3) is 0.412. The maximum atomic E-state index is 13.4. The first-order valence-electron chi connectivity index (χ1n) is 7.80. The van der Waals surface area contributed by atoms with Gasteiger partial charge in [0.25, 0.3) is 0 Å². The number of allylic oxidation sites excluding steroid dienone is 1. The van der Waals surface area contributed by atoms with Gasteiger partial charge in [-0.2, -0.15) is 13.2 Å². The number of carbonyl (C=O) groups excluding carboxylic acids is 2. The lowest BCUT2D eigenvalue weighted by atomic mass is 9.91. The molecule has 0 saturated heterocycles. The van der Waals surface area contributed by atoms with Crippen molar-refractivity contribution >= 4 is 12.0 Å². The molecule has 25 heavy (non-hydrogen) atoms. The molecule has 1 heterocycles. The van der Waals surface area contributed by atoms with Crippen LogP contribution in [-0.4, -0.2) is 30.1 Å². The minimum absolute atomic E-state index is 0.0192. The maximum Gasteiger partial charge on any atom is 0.416 e. The number of rotatable bonds is 3. The molecule has 0 spiro atoms. The molecule has 0 bridgehead atoms. The van der Waals surface area contributed by atoms with Crippen molar-refractivity contribution in [3.63, 3.8) is 0 Å². The van der Waals surface area contributed by atoms with Crippen LogP contribution in [0.3, 0.4) is 0 Å². The van der Waals surface area contributed by atoms with E-state index in [4.69, 9.17) is 4.74 Å². The highest BCUT2D eigenvalue weighted by atomic mass is 19.4. The van der Waals surface area contributed by atoms with Gasteiger partial charge in [0, 0.05) is 11.7 Å². The van der Waals surface area contributed by atoms with Gasteiger partial charge in [-0.25, -0.2) is 9.59 Å². The lowest BCUT2D eigenvalue weighted by Crippen LogP contribution is -2.49. The number of urea groups is 1. The highest BCUT2D eigenvalue weighted by Crippen LogP contribution is 2.41. The Bertz CT molecular complexity index is 754. The summed E-state index contributed by atoms with van der Waals surface area (Å²) in [5.41, 5.74) is -0.723. The lowest BCUT2D eigenvalue weighted by Gasteiger charge is -2.36. The molecule has 134 valence electrons. The average molecular weight is 354 g/mol. The molecule has 1 aliphatic carbocycles. The Labute approximate surface area is 142 Å². The summed E-state index contributed by atoms with van der Waals surface area (Å²) in [7, 11) is 1.16. The Morgan fingerprint density at radius 1 is 1.28 bits per heavy atom. The van der Waals surface area contributed by atoms with Gasteiger partial charge in [-0.05, 0) is 31.4 Å². The molecule has 0 aromatic heterocycles. The van der Waals surface area contributed by atoms with E-state index < -0.39 is 29.8 Å². The van der Waals surface area contributed by atoms with Gasteiger partial charge in [0.2, 0.25) is 0 Å². The molecule has 8 heteroatoms. The maximum absolute atomic E-state index is 13.4. The Morgan fingerprint density at radius 3 is 2.48 bits per heavy atom. The van der Waals surface area contributed by atoms with Gasteiger partial charge in [0.1, 0.15) is 0 Å². The van der Waals surface area contributed by atoms with Crippen molar-refractivity contribution < 1.29 is 27.5 Å². The largest absolute Gasteiger partial charge is 0.466 e. The summed E-state index contributed by atoms with van der Waals surface area (Å²) in [5.74, 6) is -0.759. The molecule has 1 N–H and O–H groups in total. The molecule has 1 atom stereocenters. The highest BCUT2D eigenvalue weighted by molar-refractivity contribution is 5.95. The van der Waals surface area contributed by atoms with Crippen LogP contribution in [0.5, 0.6) is 0 Å². The molecule has 1 aliphatic heterocycles. The third kappa shape index (κ3) is 3.08. The van der Waals surface area contributed by atoms with Crippen molar-refractivity contribution in [3.05, 3.63) is 46.7 Å². The SMILES string of the molecule is COC(=O)C1=C(C)N(C2CC2)C(=O)N[C@@H]1c1ccccc1C(F)(F)F. The van der Waals surface area contributed by atoms with Gasteiger partial charge < -0.3 is 10.1 Å². The zero-order valence-corrected chi connectivity index (χ0v) is 13.7. The van der Waals surface area contributed by atoms with Crippen molar-refractivity contribution in [2.24, 2.45) is 0 Å². The topological polar surface area (TPSA) is 58.6 Å². The zero-order chi connectivity index (χ0) is 18.4. The van der Waals surface area contributed by atoms with Crippen LogP contribution in [0.1, 0.15) is 36.9 Å². The molecule has 2 aliphatic rings. The van der Waals surface area contributed by atoms with Crippen LogP contribution < -0.4 is 5.32 Å². The van der Waals surface area contributed by atoms with E-state index in [1.807, 2.05) is 0 Å². The molecule has 3 rings (SSSR count). The number of halogens is 3. The number of ether oxygens (including phenoxy) is 1. The fourth-order valence-corrected chi connectivity index (χ4v) is 3.14. The molecule has 1 fully saturated rings. The van der Waals surface area contributed by atoms with E-state index in [0.29, 0.717) is 5.70 Å². The van der Waals surface area contributed by atoms with Crippen molar-refractivity contribution in [2.45, 2.75) is 38.0 Å². The Hall–Kier alpha value is -2.51. The van der Waals surface area contributed by atoms with Gasteiger partial charge in [-0.1, -0.05) is 18.2 Å². The molecule has 1 aromatic carbocycles. The molecular formula is C17H17F3N2O3. The zero-order valence-electron chi connectivity index (χ0n) is 13.7. The van der Waals surface area contributed by atoms with Gasteiger partial charge in [-0.15, -0.1) is 0 Å². The standard InChI is InChI=1S/C17H17F3N2O3/c1-9-13(15(23)25-2)14(21-16(24)22(9)10-7-8-10)11-5-3-4-6-12(11)17(18,19)20/h3-6,10,14H,7-8H2,1-2H3,(H,21,24)/t14-/m1/s1. The smallest absolute Gasteiger partial charge is 0.416 e. The summed E-state index contributed by atoms with van der Waals surface area (Å²) in [6.45, 7) is 1.56. The predicted molar refractivity (Wildman–Crippen MR) is 82.3 cm³/mol. The van der Waals surface area contributed by atoms with Crippen molar-refractivity contribution in [2.75, 3.05) is 7.11 Å². The number of methoxy groups -OCH3 is 1. The number of hydrogen-bond acceptors (Lipinski definition) is 3. The molecule has 2 amide bonds. The Morgan fingerprint density at radius 2 is 1.92 bits per heavy atom. The van der Waals surface area contributed by atoms with Gasteiger partial charge >= 0.3 is 18.2 Å². The van der Waals surface area contributed by atoms with E-state index in [1.54, 1.807) is 6.92 Å². The molecule has 5 nitrogen and oxygen atoms in total. The first-order valence-corrected chi connectivity index (χ1v) is 7.80. The van der Waals surface area contributed by atoms with Crippen LogP contribution in [0, 0.1) is 0 Å². The van der Waals surface area contributed by atoms with Gasteiger partial charge in [0.05, 0.1) is 24.3 Å². The monoisotopic (exact) mass is 354 g/mol. The third-order valence-electron chi connectivity index (χ3n) is 4.42. The van der Waals surface area contributed by atoms with Gasteiger partial charge in [0.15, 0.2) is 0 Å². The minimum atomic E-state index is -4.61. The van der Waals surface area contributed by atoms with E-state index in [0.717, 1.165) is 26.0 Å².